The fourth-order valence-electron chi connectivity index (χ4n) is 3.66. The van der Waals surface area contributed by atoms with Gasteiger partial charge in [0.15, 0.2) is 5.13 Å². The molecule has 0 aromatic carbocycles. The first-order valence-corrected chi connectivity index (χ1v) is 10.5. The maximum Gasteiger partial charge on any atom is 0.249 e. The lowest BCUT2D eigenvalue weighted by Crippen LogP contribution is -2.59. The summed E-state index contributed by atoms with van der Waals surface area (Å²) in [6.07, 6.45) is 9.04. The molecule has 0 atom stereocenters. The molecule has 2 amide bonds. The van der Waals surface area contributed by atoms with Crippen molar-refractivity contribution in [1.29, 1.82) is 0 Å². The first kappa shape index (κ1) is 19.8. The molecule has 1 aromatic heterocycles. The first-order valence-electron chi connectivity index (χ1n) is 9.58. The van der Waals surface area contributed by atoms with Crippen molar-refractivity contribution in [3.8, 4) is 0 Å². The summed E-state index contributed by atoms with van der Waals surface area (Å²) in [5.41, 5.74) is 0.190. The Balaban J connectivity index is 1.67. The van der Waals surface area contributed by atoms with Gasteiger partial charge in [0.2, 0.25) is 11.8 Å². The molecular formula is C19H28N4O3S. The second-order valence-corrected chi connectivity index (χ2v) is 7.95. The van der Waals surface area contributed by atoms with Crippen LogP contribution < -0.4 is 10.6 Å². The Morgan fingerprint density at radius 2 is 2.15 bits per heavy atom. The van der Waals surface area contributed by atoms with E-state index >= 15 is 0 Å². The molecule has 1 aliphatic heterocycles. The number of methoxy groups -OCH3 is 1. The van der Waals surface area contributed by atoms with Crippen LogP contribution >= 0.6 is 11.3 Å². The van der Waals surface area contributed by atoms with E-state index < -0.39 is 5.54 Å². The third-order valence-electron chi connectivity index (χ3n) is 5.27. The number of carbonyl (C=O) groups excluding carboxylic acids is 2. The number of ether oxygens (including phenoxy) is 1. The SMILES string of the molecule is COCCNC(=O)C1(Nc2nccs2)CCN(C(=O)C2=CCCCC2)CC1. The number of thiazole rings is 1. The van der Waals surface area contributed by atoms with Crippen molar-refractivity contribution in [2.45, 2.75) is 44.1 Å². The van der Waals surface area contributed by atoms with Gasteiger partial charge in [-0.05, 0) is 38.5 Å². The van der Waals surface area contributed by atoms with Gasteiger partial charge in [-0.3, -0.25) is 9.59 Å². The molecule has 8 heteroatoms. The predicted octanol–water partition coefficient (Wildman–Crippen LogP) is 2.18. The second kappa shape index (κ2) is 9.32. The normalized spacial score (nSPS) is 19.3. The molecule has 2 heterocycles. The number of carbonyl (C=O) groups is 2. The summed E-state index contributed by atoms with van der Waals surface area (Å²) in [6, 6.07) is 0. The summed E-state index contributed by atoms with van der Waals surface area (Å²) in [7, 11) is 1.61. The van der Waals surface area contributed by atoms with Gasteiger partial charge in [0.25, 0.3) is 0 Å². The average Bonchev–Trinajstić information content (AvgIpc) is 3.21. The molecule has 1 aromatic rings. The fourth-order valence-corrected chi connectivity index (χ4v) is 4.29. The van der Waals surface area contributed by atoms with Crippen LogP contribution in [-0.2, 0) is 14.3 Å². The molecule has 1 saturated heterocycles. The zero-order chi connectivity index (χ0) is 19.1. The molecule has 0 radical (unpaired) electrons. The van der Waals surface area contributed by atoms with Crippen molar-refractivity contribution < 1.29 is 14.3 Å². The highest BCUT2D eigenvalue weighted by Gasteiger charge is 2.43. The molecule has 0 bridgehead atoms. The molecule has 148 valence electrons. The molecule has 0 unspecified atom stereocenters. The summed E-state index contributed by atoms with van der Waals surface area (Å²) in [4.78, 5) is 31.9. The Morgan fingerprint density at radius 1 is 1.33 bits per heavy atom. The lowest BCUT2D eigenvalue weighted by molar-refractivity contribution is -0.133. The number of piperidine rings is 1. The maximum atomic E-state index is 12.9. The Hall–Kier alpha value is -1.93. The van der Waals surface area contributed by atoms with Crippen molar-refractivity contribution >= 4 is 28.3 Å². The number of nitrogens with one attached hydrogen (secondary N) is 2. The summed E-state index contributed by atoms with van der Waals surface area (Å²) in [6.45, 7) is 2.06. The van der Waals surface area contributed by atoms with Crippen molar-refractivity contribution in [1.82, 2.24) is 15.2 Å². The molecule has 1 aliphatic carbocycles. The summed E-state index contributed by atoms with van der Waals surface area (Å²) >= 11 is 1.47. The van der Waals surface area contributed by atoms with Crippen LogP contribution in [0.4, 0.5) is 5.13 Å². The van der Waals surface area contributed by atoms with Gasteiger partial charge in [-0.1, -0.05) is 6.08 Å². The monoisotopic (exact) mass is 392 g/mol. The third-order valence-corrected chi connectivity index (χ3v) is 5.96. The molecule has 2 N–H and O–H groups in total. The van der Waals surface area contributed by atoms with Crippen molar-refractivity contribution in [2.24, 2.45) is 0 Å². The quantitative estimate of drug-likeness (QED) is 0.695. The molecule has 7 nitrogen and oxygen atoms in total. The van der Waals surface area contributed by atoms with Crippen LogP contribution in [0.3, 0.4) is 0 Å². The van der Waals surface area contributed by atoms with E-state index in [1.165, 1.54) is 17.8 Å². The van der Waals surface area contributed by atoms with Crippen molar-refractivity contribution in [2.75, 3.05) is 38.7 Å². The summed E-state index contributed by atoms with van der Waals surface area (Å²) in [5, 5.41) is 8.90. The van der Waals surface area contributed by atoms with E-state index in [0.717, 1.165) is 30.0 Å². The molecule has 2 aliphatic rings. The number of allylic oxidation sites excluding steroid dienone is 1. The van der Waals surface area contributed by atoms with Crippen molar-refractivity contribution in [3.63, 3.8) is 0 Å². The van der Waals surface area contributed by atoms with Gasteiger partial charge in [0, 0.05) is 43.9 Å². The minimum Gasteiger partial charge on any atom is -0.383 e. The largest absolute Gasteiger partial charge is 0.383 e. The Bertz CT molecular complexity index is 667. The molecule has 0 saturated carbocycles. The number of hydrogen-bond acceptors (Lipinski definition) is 6. The highest BCUT2D eigenvalue weighted by atomic mass is 32.1. The van der Waals surface area contributed by atoms with Gasteiger partial charge in [0.05, 0.1) is 6.61 Å². The smallest absolute Gasteiger partial charge is 0.249 e. The number of amides is 2. The van der Waals surface area contributed by atoms with Gasteiger partial charge in [-0.15, -0.1) is 11.3 Å². The zero-order valence-corrected chi connectivity index (χ0v) is 16.6. The third kappa shape index (κ3) is 4.87. The number of anilines is 1. The number of hydrogen-bond donors (Lipinski definition) is 2. The number of aromatic nitrogens is 1. The van der Waals surface area contributed by atoms with Gasteiger partial charge in [-0.25, -0.2) is 4.98 Å². The van der Waals surface area contributed by atoms with Gasteiger partial charge < -0.3 is 20.3 Å². The molecular weight excluding hydrogens is 364 g/mol. The van der Waals surface area contributed by atoms with Crippen LogP contribution in [0, 0.1) is 0 Å². The van der Waals surface area contributed by atoms with Crippen LogP contribution in [-0.4, -0.2) is 60.6 Å². The minimum atomic E-state index is -0.747. The van der Waals surface area contributed by atoms with Crippen LogP contribution in [0.5, 0.6) is 0 Å². The van der Waals surface area contributed by atoms with Crippen LogP contribution in [0.25, 0.3) is 0 Å². The Labute approximate surface area is 164 Å². The molecule has 1 fully saturated rings. The predicted molar refractivity (Wildman–Crippen MR) is 106 cm³/mol. The molecule has 3 rings (SSSR count). The summed E-state index contributed by atoms with van der Waals surface area (Å²) in [5.74, 6) is 0.0797. The van der Waals surface area contributed by atoms with Crippen LogP contribution in [0.1, 0.15) is 38.5 Å². The van der Waals surface area contributed by atoms with E-state index in [1.54, 1.807) is 13.3 Å². The second-order valence-electron chi connectivity index (χ2n) is 7.06. The number of likely N-dealkylation sites (tertiary alicyclic amines) is 1. The number of rotatable bonds is 7. The highest BCUT2D eigenvalue weighted by molar-refractivity contribution is 7.13. The number of nitrogens with zero attached hydrogens (tertiary/aromatic N) is 2. The molecule has 0 spiro atoms. The summed E-state index contributed by atoms with van der Waals surface area (Å²) < 4.78 is 5.03. The topological polar surface area (TPSA) is 83.6 Å². The van der Waals surface area contributed by atoms with E-state index in [4.69, 9.17) is 4.74 Å². The highest BCUT2D eigenvalue weighted by Crippen LogP contribution is 2.30. The van der Waals surface area contributed by atoms with Gasteiger partial charge in [-0.2, -0.15) is 0 Å². The molecule has 27 heavy (non-hydrogen) atoms. The lowest BCUT2D eigenvalue weighted by atomic mass is 9.86. The Morgan fingerprint density at radius 3 is 2.78 bits per heavy atom. The maximum absolute atomic E-state index is 12.9. The first-order chi connectivity index (χ1) is 13.1. The lowest BCUT2D eigenvalue weighted by Gasteiger charge is -2.41. The fraction of sp³-hybridized carbons (Fsp3) is 0.632. The van der Waals surface area contributed by atoms with E-state index in [1.807, 2.05) is 10.3 Å². The average molecular weight is 393 g/mol. The standard InChI is InChI=1S/C19H28N4O3S/c1-26-13-9-20-17(25)19(22-18-21-10-14-27-18)7-11-23(12-8-19)16(24)15-5-3-2-4-6-15/h5,10,14H,2-4,6-9,11-13H2,1H3,(H,20,25)(H,21,22). The van der Waals surface area contributed by atoms with Gasteiger partial charge in [0.1, 0.15) is 5.54 Å². The minimum absolute atomic E-state index is 0.0567. The van der Waals surface area contributed by atoms with Crippen molar-refractivity contribution in [3.05, 3.63) is 23.2 Å². The van der Waals surface area contributed by atoms with Crippen LogP contribution in [0.15, 0.2) is 23.2 Å². The van der Waals surface area contributed by atoms with E-state index in [-0.39, 0.29) is 11.8 Å². The zero-order valence-electron chi connectivity index (χ0n) is 15.8. The Kier molecular flexibility index (Phi) is 6.84. The van der Waals surface area contributed by atoms with E-state index in [9.17, 15) is 9.59 Å². The van der Waals surface area contributed by atoms with Crippen LogP contribution in [0.2, 0.25) is 0 Å². The van der Waals surface area contributed by atoms with E-state index in [2.05, 4.69) is 21.7 Å². The van der Waals surface area contributed by atoms with E-state index in [0.29, 0.717) is 39.1 Å². The van der Waals surface area contributed by atoms with Gasteiger partial charge >= 0.3 is 0 Å².